The van der Waals surface area contributed by atoms with Crippen LogP contribution < -0.4 is 16.7 Å². The molecule has 0 unspecified atom stereocenters. The molecule has 2 aromatic rings. The number of imidazole rings is 1. The first-order valence-electron chi connectivity index (χ1n) is 5.49. The lowest BCUT2D eigenvalue weighted by Gasteiger charge is -2.11. The number of carbonyl (C=O) groups excluding carboxylic acids is 1. The lowest BCUT2D eigenvalue weighted by Crippen LogP contribution is -2.34. The monoisotopic (exact) mass is 312 g/mol. The van der Waals surface area contributed by atoms with Gasteiger partial charge in [-0.05, 0) is 34.5 Å². The predicted octanol–water partition coefficient (Wildman–Crippen LogP) is 1.29. The Kier molecular flexibility index (Phi) is 3.53. The number of H-pyrrole nitrogens is 2. The lowest BCUT2D eigenvalue weighted by molar-refractivity contribution is -0.117. The number of hydrogen-bond donors (Lipinski definition) is 4. The zero-order valence-electron chi connectivity index (χ0n) is 9.71. The van der Waals surface area contributed by atoms with Crippen LogP contribution in [0.5, 0.6) is 0 Å². The molecule has 96 valence electrons. The smallest absolute Gasteiger partial charge is 0.323 e. The van der Waals surface area contributed by atoms with E-state index in [0.717, 1.165) is 0 Å². The topological polar surface area (TPSA) is 104 Å². The fourth-order valence-corrected chi connectivity index (χ4v) is 2.01. The minimum atomic E-state index is -0.544. The average Bonchev–Trinajstić information content (AvgIpc) is 2.67. The van der Waals surface area contributed by atoms with Crippen LogP contribution in [0.2, 0.25) is 0 Å². The summed E-state index contributed by atoms with van der Waals surface area (Å²) in [6, 6.07) is 2.86. The Bertz CT molecular complexity index is 646. The van der Waals surface area contributed by atoms with Crippen molar-refractivity contribution in [3.05, 3.63) is 27.1 Å². The fraction of sp³-hybridized carbons (Fsp3) is 0.273. The van der Waals surface area contributed by atoms with E-state index in [-0.39, 0.29) is 11.6 Å². The molecular weight excluding hydrogens is 300 g/mol. The number of amides is 1. The van der Waals surface area contributed by atoms with E-state index in [4.69, 9.17) is 5.73 Å². The SMILES string of the molecule is CC[C@H](N)C(=O)Nc1cc2[nH]c(=O)[nH]c2cc1Br. The highest BCUT2D eigenvalue weighted by Gasteiger charge is 2.13. The third-order valence-electron chi connectivity index (χ3n) is 2.64. The summed E-state index contributed by atoms with van der Waals surface area (Å²) in [7, 11) is 0. The van der Waals surface area contributed by atoms with Crippen molar-refractivity contribution < 1.29 is 4.79 Å². The number of hydrogen-bond acceptors (Lipinski definition) is 3. The van der Waals surface area contributed by atoms with Crippen molar-refractivity contribution in [1.82, 2.24) is 9.97 Å². The van der Waals surface area contributed by atoms with Crippen molar-refractivity contribution in [3.63, 3.8) is 0 Å². The molecule has 5 N–H and O–H groups in total. The van der Waals surface area contributed by atoms with Gasteiger partial charge >= 0.3 is 5.69 Å². The van der Waals surface area contributed by atoms with Crippen LogP contribution in [-0.4, -0.2) is 21.9 Å². The third kappa shape index (κ3) is 2.46. The molecule has 0 saturated carbocycles. The number of nitrogens with two attached hydrogens (primary N) is 1. The molecule has 7 heteroatoms. The molecule has 1 heterocycles. The third-order valence-corrected chi connectivity index (χ3v) is 3.29. The molecule has 1 aromatic heterocycles. The summed E-state index contributed by atoms with van der Waals surface area (Å²) in [4.78, 5) is 28.1. The van der Waals surface area contributed by atoms with Crippen molar-refractivity contribution in [2.24, 2.45) is 5.73 Å². The predicted molar refractivity (Wildman–Crippen MR) is 73.5 cm³/mol. The standard InChI is InChI=1S/C11H13BrN4O2/c1-2-6(13)10(17)14-7-4-9-8(3-5(7)12)15-11(18)16-9/h3-4,6H,2,13H2,1H3,(H,14,17)(H2,15,16,18)/t6-/m0/s1. The number of carbonyl (C=O) groups is 1. The number of nitrogens with one attached hydrogen (secondary N) is 3. The van der Waals surface area contributed by atoms with Gasteiger partial charge in [-0.2, -0.15) is 0 Å². The second-order valence-electron chi connectivity index (χ2n) is 3.96. The Morgan fingerprint density at radius 2 is 2.06 bits per heavy atom. The van der Waals surface area contributed by atoms with Gasteiger partial charge in [-0.25, -0.2) is 4.79 Å². The van der Waals surface area contributed by atoms with Crippen molar-refractivity contribution in [3.8, 4) is 0 Å². The van der Waals surface area contributed by atoms with Gasteiger partial charge in [-0.1, -0.05) is 6.92 Å². The molecular formula is C11H13BrN4O2. The largest absolute Gasteiger partial charge is 0.324 e. The summed E-state index contributed by atoms with van der Waals surface area (Å²) in [5.74, 6) is -0.254. The van der Waals surface area contributed by atoms with Gasteiger partial charge < -0.3 is 21.0 Å². The van der Waals surface area contributed by atoms with Gasteiger partial charge in [0.15, 0.2) is 0 Å². The number of anilines is 1. The summed E-state index contributed by atoms with van der Waals surface area (Å²) in [6.07, 6.45) is 0.562. The highest BCUT2D eigenvalue weighted by Crippen LogP contribution is 2.26. The minimum absolute atomic E-state index is 0.254. The molecule has 2 rings (SSSR count). The summed E-state index contributed by atoms with van der Waals surface area (Å²) in [5.41, 5.74) is 7.23. The molecule has 0 aliphatic heterocycles. The number of halogens is 1. The second kappa shape index (κ2) is 4.95. The van der Waals surface area contributed by atoms with E-state index >= 15 is 0 Å². The minimum Gasteiger partial charge on any atom is -0.324 e. The number of aromatic nitrogens is 2. The molecule has 0 radical (unpaired) electrons. The lowest BCUT2D eigenvalue weighted by atomic mass is 10.2. The molecule has 0 bridgehead atoms. The number of fused-ring (bicyclic) bond motifs is 1. The Morgan fingerprint density at radius 3 is 2.67 bits per heavy atom. The van der Waals surface area contributed by atoms with E-state index in [1.54, 1.807) is 12.1 Å². The van der Waals surface area contributed by atoms with E-state index in [0.29, 0.717) is 27.6 Å². The first-order valence-corrected chi connectivity index (χ1v) is 6.28. The molecule has 0 aliphatic carbocycles. The Balaban J connectivity index is 2.36. The highest BCUT2D eigenvalue weighted by atomic mass is 79.9. The molecule has 18 heavy (non-hydrogen) atoms. The molecule has 0 fully saturated rings. The van der Waals surface area contributed by atoms with Gasteiger partial charge in [-0.15, -0.1) is 0 Å². The molecule has 6 nitrogen and oxygen atoms in total. The van der Waals surface area contributed by atoms with E-state index < -0.39 is 6.04 Å². The number of benzene rings is 1. The van der Waals surface area contributed by atoms with Gasteiger partial charge in [0.05, 0.1) is 22.8 Å². The van der Waals surface area contributed by atoms with Crippen LogP contribution >= 0.6 is 15.9 Å². The average molecular weight is 313 g/mol. The summed E-state index contributed by atoms with van der Waals surface area (Å²) in [5, 5.41) is 2.72. The summed E-state index contributed by atoms with van der Waals surface area (Å²) in [6.45, 7) is 1.84. The molecule has 1 amide bonds. The second-order valence-corrected chi connectivity index (χ2v) is 4.82. The highest BCUT2D eigenvalue weighted by molar-refractivity contribution is 9.10. The van der Waals surface area contributed by atoms with Gasteiger partial charge in [0.25, 0.3) is 0 Å². The molecule has 0 aliphatic rings. The van der Waals surface area contributed by atoms with E-state index in [1.807, 2.05) is 6.92 Å². The maximum Gasteiger partial charge on any atom is 0.323 e. The van der Waals surface area contributed by atoms with E-state index in [2.05, 4.69) is 31.2 Å². The van der Waals surface area contributed by atoms with Gasteiger partial charge in [0, 0.05) is 4.47 Å². The van der Waals surface area contributed by atoms with Crippen molar-refractivity contribution in [1.29, 1.82) is 0 Å². The normalized spacial score (nSPS) is 12.6. The van der Waals surface area contributed by atoms with Crippen LogP contribution in [0.15, 0.2) is 21.4 Å². The van der Waals surface area contributed by atoms with Crippen LogP contribution in [-0.2, 0) is 4.79 Å². The van der Waals surface area contributed by atoms with Crippen LogP contribution in [0.1, 0.15) is 13.3 Å². The van der Waals surface area contributed by atoms with Gasteiger partial charge in [-0.3, -0.25) is 4.79 Å². The Morgan fingerprint density at radius 1 is 1.44 bits per heavy atom. The van der Waals surface area contributed by atoms with Crippen LogP contribution in [0.25, 0.3) is 11.0 Å². The van der Waals surface area contributed by atoms with Gasteiger partial charge in [0.1, 0.15) is 0 Å². The number of rotatable bonds is 3. The maximum absolute atomic E-state index is 11.7. The number of aromatic amines is 2. The molecule has 1 aromatic carbocycles. The van der Waals surface area contributed by atoms with Crippen LogP contribution in [0.3, 0.4) is 0 Å². The van der Waals surface area contributed by atoms with E-state index in [9.17, 15) is 9.59 Å². The van der Waals surface area contributed by atoms with Crippen molar-refractivity contribution in [2.45, 2.75) is 19.4 Å². The quantitative estimate of drug-likeness (QED) is 0.686. The van der Waals surface area contributed by atoms with E-state index in [1.165, 1.54) is 0 Å². The van der Waals surface area contributed by atoms with Crippen LogP contribution in [0, 0.1) is 0 Å². The first kappa shape index (κ1) is 12.8. The van der Waals surface area contributed by atoms with Crippen molar-refractivity contribution >= 4 is 38.6 Å². The first-order chi connectivity index (χ1) is 8.51. The molecule has 1 atom stereocenters. The molecule has 0 spiro atoms. The zero-order chi connectivity index (χ0) is 13.3. The summed E-state index contributed by atoms with van der Waals surface area (Å²) < 4.78 is 0.682. The Hall–Kier alpha value is -1.60. The zero-order valence-corrected chi connectivity index (χ0v) is 11.3. The van der Waals surface area contributed by atoms with Crippen LogP contribution in [0.4, 0.5) is 5.69 Å². The fourth-order valence-electron chi connectivity index (χ4n) is 1.56. The van der Waals surface area contributed by atoms with Crippen molar-refractivity contribution in [2.75, 3.05) is 5.32 Å². The maximum atomic E-state index is 11.7. The van der Waals surface area contributed by atoms with Gasteiger partial charge in [0.2, 0.25) is 5.91 Å². The summed E-state index contributed by atoms with van der Waals surface area (Å²) >= 11 is 3.33. The molecule has 0 saturated heterocycles. The Labute approximate surface area is 111 Å².